The van der Waals surface area contributed by atoms with Crippen LogP contribution in [0.5, 0.6) is 0 Å². The summed E-state index contributed by atoms with van der Waals surface area (Å²) in [5.41, 5.74) is 5.33. The molecular weight excluding hydrogens is 401 g/mol. The molecule has 5 nitrogen and oxygen atoms in total. The van der Waals surface area contributed by atoms with Gasteiger partial charge in [-0.3, -0.25) is 15.0 Å². The van der Waals surface area contributed by atoms with Crippen molar-refractivity contribution in [3.8, 4) is 22.5 Å². The van der Waals surface area contributed by atoms with Crippen LogP contribution in [0.3, 0.4) is 0 Å². The van der Waals surface area contributed by atoms with Gasteiger partial charge in [-0.05, 0) is 30.8 Å². The Bertz CT molecular complexity index is 1160. The maximum Gasteiger partial charge on any atom is 0.132 e. The van der Waals surface area contributed by atoms with Crippen molar-refractivity contribution in [2.45, 2.75) is 6.04 Å². The molecule has 0 saturated carbocycles. The molecule has 0 bridgehead atoms. The number of benzene rings is 2. The topological polar surface area (TPSA) is 48.1 Å². The first kappa shape index (κ1) is 20.5. The third-order valence-electron chi connectivity index (χ3n) is 6.18. The third kappa shape index (κ3) is 4.07. The molecule has 1 atom stereocenters. The summed E-state index contributed by atoms with van der Waals surface area (Å²) in [7, 11) is 2.14. The van der Waals surface area contributed by atoms with Gasteiger partial charge in [0.15, 0.2) is 0 Å². The molecule has 0 amide bonds. The highest BCUT2D eigenvalue weighted by Crippen LogP contribution is 2.36. The molecule has 0 spiro atoms. The van der Waals surface area contributed by atoms with Crippen LogP contribution in [0.25, 0.3) is 22.5 Å². The van der Waals surface area contributed by atoms with E-state index >= 15 is 0 Å². The Morgan fingerprint density at radius 1 is 0.875 bits per heavy atom. The molecule has 4 aromatic rings. The summed E-state index contributed by atoms with van der Waals surface area (Å²) in [6.07, 6.45) is 3.78. The van der Waals surface area contributed by atoms with Gasteiger partial charge < -0.3 is 4.90 Å². The van der Waals surface area contributed by atoms with Crippen molar-refractivity contribution in [2.75, 3.05) is 33.2 Å². The minimum atomic E-state index is -0.257. The van der Waals surface area contributed by atoms with Gasteiger partial charge in [0.1, 0.15) is 5.82 Å². The van der Waals surface area contributed by atoms with Gasteiger partial charge >= 0.3 is 0 Å². The van der Waals surface area contributed by atoms with E-state index in [9.17, 15) is 4.39 Å². The molecule has 2 aromatic carbocycles. The third-order valence-corrected chi connectivity index (χ3v) is 6.18. The standard InChI is InChI=1S/C26H26FN5/c1-31-13-15-32(16-14-31)26(20-11-12-24(28-17-20)19-7-3-2-4-8-19)22-18-29-30-25(22)21-9-5-6-10-23(21)27/h2-12,17-18,26H,13-16H2,1H3,(H,29,30). The van der Waals surface area contributed by atoms with E-state index in [-0.39, 0.29) is 11.9 Å². The first-order valence-electron chi connectivity index (χ1n) is 10.9. The van der Waals surface area contributed by atoms with Crippen LogP contribution >= 0.6 is 0 Å². The van der Waals surface area contributed by atoms with Crippen LogP contribution in [0.2, 0.25) is 0 Å². The van der Waals surface area contributed by atoms with Crippen molar-refractivity contribution in [1.82, 2.24) is 25.0 Å². The fraction of sp³-hybridized carbons (Fsp3) is 0.231. The van der Waals surface area contributed by atoms with E-state index in [0.29, 0.717) is 5.56 Å². The van der Waals surface area contributed by atoms with Crippen LogP contribution in [0.4, 0.5) is 4.39 Å². The Hall–Kier alpha value is -3.35. The predicted molar refractivity (Wildman–Crippen MR) is 125 cm³/mol. The summed E-state index contributed by atoms with van der Waals surface area (Å²) in [4.78, 5) is 9.54. The number of likely N-dealkylation sites (N-methyl/N-ethyl adjacent to an activating group) is 1. The van der Waals surface area contributed by atoms with Crippen molar-refractivity contribution in [3.63, 3.8) is 0 Å². The summed E-state index contributed by atoms with van der Waals surface area (Å²) in [6, 6.07) is 21.1. The number of pyridine rings is 1. The largest absolute Gasteiger partial charge is 0.304 e. The SMILES string of the molecule is CN1CCN(C(c2ccc(-c3ccccc3)nc2)c2cn[nH]c2-c2ccccc2F)CC1. The maximum absolute atomic E-state index is 14.7. The lowest BCUT2D eigenvalue weighted by Crippen LogP contribution is -2.46. The smallest absolute Gasteiger partial charge is 0.132 e. The van der Waals surface area contributed by atoms with Crippen LogP contribution < -0.4 is 0 Å². The maximum atomic E-state index is 14.7. The number of aromatic nitrogens is 3. The number of halogens is 1. The zero-order chi connectivity index (χ0) is 21.9. The van der Waals surface area contributed by atoms with Crippen LogP contribution in [0, 0.1) is 5.82 Å². The van der Waals surface area contributed by atoms with Crippen molar-refractivity contribution in [2.24, 2.45) is 0 Å². The molecule has 1 aliphatic rings. The fourth-order valence-corrected chi connectivity index (χ4v) is 4.40. The number of nitrogens with one attached hydrogen (secondary N) is 1. The van der Waals surface area contributed by atoms with E-state index in [1.165, 1.54) is 6.07 Å². The van der Waals surface area contributed by atoms with Gasteiger partial charge in [0.05, 0.1) is 23.6 Å². The second kappa shape index (κ2) is 9.02. The van der Waals surface area contributed by atoms with Gasteiger partial charge in [-0.15, -0.1) is 0 Å². The van der Waals surface area contributed by atoms with Crippen molar-refractivity contribution < 1.29 is 4.39 Å². The van der Waals surface area contributed by atoms with Crippen molar-refractivity contribution in [1.29, 1.82) is 0 Å². The van der Waals surface area contributed by atoms with Gasteiger partial charge in [0.2, 0.25) is 0 Å². The molecule has 3 heterocycles. The summed E-state index contributed by atoms with van der Waals surface area (Å²) in [5.74, 6) is -0.257. The lowest BCUT2D eigenvalue weighted by Gasteiger charge is -2.38. The zero-order valence-electron chi connectivity index (χ0n) is 18.1. The van der Waals surface area contributed by atoms with E-state index in [4.69, 9.17) is 4.98 Å². The Morgan fingerprint density at radius 3 is 2.34 bits per heavy atom. The molecule has 32 heavy (non-hydrogen) atoms. The average Bonchev–Trinajstić information content (AvgIpc) is 3.31. The first-order chi connectivity index (χ1) is 15.7. The monoisotopic (exact) mass is 427 g/mol. The van der Waals surface area contributed by atoms with E-state index in [1.54, 1.807) is 12.1 Å². The highest BCUT2D eigenvalue weighted by molar-refractivity contribution is 5.65. The number of hydrogen-bond donors (Lipinski definition) is 1. The highest BCUT2D eigenvalue weighted by Gasteiger charge is 2.29. The van der Waals surface area contributed by atoms with Crippen LogP contribution in [0.15, 0.2) is 79.1 Å². The minimum Gasteiger partial charge on any atom is -0.304 e. The van der Waals surface area contributed by atoms with E-state index in [2.05, 4.69) is 51.3 Å². The van der Waals surface area contributed by atoms with Gasteiger partial charge in [0, 0.05) is 49.1 Å². The highest BCUT2D eigenvalue weighted by atomic mass is 19.1. The van der Waals surface area contributed by atoms with Crippen LogP contribution in [-0.4, -0.2) is 58.2 Å². The lowest BCUT2D eigenvalue weighted by molar-refractivity contribution is 0.127. The number of aromatic amines is 1. The minimum absolute atomic E-state index is 0.0608. The molecule has 162 valence electrons. The average molecular weight is 428 g/mol. The molecule has 1 N–H and O–H groups in total. The number of hydrogen-bond acceptors (Lipinski definition) is 4. The molecule has 6 heteroatoms. The predicted octanol–water partition coefficient (Wildman–Crippen LogP) is 4.61. The Balaban J connectivity index is 1.56. The summed E-state index contributed by atoms with van der Waals surface area (Å²) in [6.45, 7) is 3.81. The van der Waals surface area contributed by atoms with E-state index < -0.39 is 0 Å². The molecule has 1 unspecified atom stereocenters. The first-order valence-corrected chi connectivity index (χ1v) is 10.9. The summed E-state index contributed by atoms with van der Waals surface area (Å²) in [5, 5.41) is 7.36. The zero-order valence-corrected chi connectivity index (χ0v) is 18.1. The van der Waals surface area contributed by atoms with E-state index in [1.807, 2.05) is 36.7 Å². The lowest BCUT2D eigenvalue weighted by atomic mass is 9.94. The fourth-order valence-electron chi connectivity index (χ4n) is 4.40. The van der Waals surface area contributed by atoms with Gasteiger partial charge in [-0.2, -0.15) is 5.10 Å². The van der Waals surface area contributed by atoms with Gasteiger partial charge in [0.25, 0.3) is 0 Å². The molecule has 2 aromatic heterocycles. The number of rotatable bonds is 5. The molecule has 1 fully saturated rings. The second-order valence-electron chi connectivity index (χ2n) is 8.26. The van der Waals surface area contributed by atoms with E-state index in [0.717, 1.165) is 54.3 Å². The number of H-pyrrole nitrogens is 1. The Labute approximate surface area is 187 Å². The summed E-state index contributed by atoms with van der Waals surface area (Å²) >= 11 is 0. The van der Waals surface area contributed by atoms with Crippen molar-refractivity contribution >= 4 is 0 Å². The van der Waals surface area contributed by atoms with Crippen LogP contribution in [0.1, 0.15) is 17.2 Å². The molecule has 0 radical (unpaired) electrons. The number of nitrogens with zero attached hydrogens (tertiary/aromatic N) is 4. The van der Waals surface area contributed by atoms with Crippen molar-refractivity contribution in [3.05, 3.63) is 96.1 Å². The van der Waals surface area contributed by atoms with Gasteiger partial charge in [-0.1, -0.05) is 48.5 Å². The quantitative estimate of drug-likeness (QED) is 0.505. The molecule has 1 aliphatic heterocycles. The molecule has 5 rings (SSSR count). The molecular formula is C26H26FN5. The second-order valence-corrected chi connectivity index (χ2v) is 8.26. The Kier molecular flexibility index (Phi) is 5.79. The Morgan fingerprint density at radius 2 is 1.62 bits per heavy atom. The summed E-state index contributed by atoms with van der Waals surface area (Å²) < 4.78 is 14.7. The normalized spacial score (nSPS) is 16.2. The molecule has 1 saturated heterocycles. The van der Waals surface area contributed by atoms with Gasteiger partial charge in [-0.25, -0.2) is 4.39 Å². The van der Waals surface area contributed by atoms with Crippen LogP contribution in [-0.2, 0) is 0 Å². The molecule has 0 aliphatic carbocycles. The number of piperazine rings is 1.